The maximum atomic E-state index is 13.2. The predicted molar refractivity (Wildman–Crippen MR) is 66.6 cm³/mol. The Balaban J connectivity index is 2.23. The zero-order valence-corrected chi connectivity index (χ0v) is 10.1. The molecule has 1 saturated heterocycles. The van der Waals surface area contributed by atoms with Gasteiger partial charge in [0.25, 0.3) is 5.91 Å². The van der Waals surface area contributed by atoms with Gasteiger partial charge in [-0.25, -0.2) is 4.39 Å². The van der Waals surface area contributed by atoms with E-state index >= 15 is 0 Å². The summed E-state index contributed by atoms with van der Waals surface area (Å²) in [6.07, 6.45) is 2.69. The van der Waals surface area contributed by atoms with E-state index in [1.807, 2.05) is 0 Å². The van der Waals surface area contributed by atoms with Crippen molar-refractivity contribution in [2.45, 2.75) is 25.3 Å². The zero-order chi connectivity index (χ0) is 13.1. The molecule has 4 nitrogen and oxygen atoms in total. The average Bonchev–Trinajstić information content (AvgIpc) is 2.36. The van der Waals surface area contributed by atoms with Gasteiger partial charge in [-0.1, -0.05) is 0 Å². The minimum absolute atomic E-state index is 0.0590. The number of piperidine rings is 1. The molecule has 1 amide bonds. The SMILES string of the molecule is Nc1cc(F)cc(C(=O)N2CCCCC2CO)c1. The highest BCUT2D eigenvalue weighted by Crippen LogP contribution is 2.21. The number of rotatable bonds is 2. The minimum Gasteiger partial charge on any atom is -0.399 e. The largest absolute Gasteiger partial charge is 0.399 e. The summed E-state index contributed by atoms with van der Waals surface area (Å²) in [6.45, 7) is 0.539. The van der Waals surface area contributed by atoms with Gasteiger partial charge < -0.3 is 15.7 Å². The summed E-state index contributed by atoms with van der Waals surface area (Å²) in [7, 11) is 0. The van der Waals surface area contributed by atoms with Gasteiger partial charge in [0, 0.05) is 17.8 Å². The quantitative estimate of drug-likeness (QED) is 0.782. The molecule has 2 rings (SSSR count). The number of amides is 1. The number of hydrogen-bond donors (Lipinski definition) is 2. The molecular weight excluding hydrogens is 235 g/mol. The van der Waals surface area contributed by atoms with Crippen molar-refractivity contribution in [1.82, 2.24) is 4.90 Å². The lowest BCUT2D eigenvalue weighted by atomic mass is 10.0. The number of nitrogens with two attached hydrogens (primary N) is 1. The highest BCUT2D eigenvalue weighted by Gasteiger charge is 2.27. The third kappa shape index (κ3) is 2.61. The highest BCUT2D eigenvalue weighted by molar-refractivity contribution is 5.95. The molecule has 5 heteroatoms. The third-order valence-electron chi connectivity index (χ3n) is 3.27. The maximum Gasteiger partial charge on any atom is 0.254 e. The molecule has 0 saturated carbocycles. The second-order valence-electron chi connectivity index (χ2n) is 4.60. The molecule has 1 atom stereocenters. The lowest BCUT2D eigenvalue weighted by Gasteiger charge is -2.34. The van der Waals surface area contributed by atoms with E-state index in [4.69, 9.17) is 5.73 Å². The Kier molecular flexibility index (Phi) is 3.81. The van der Waals surface area contributed by atoms with Crippen LogP contribution in [0, 0.1) is 5.82 Å². The number of carbonyl (C=O) groups is 1. The topological polar surface area (TPSA) is 66.6 Å². The number of halogens is 1. The van der Waals surface area contributed by atoms with Crippen LogP contribution in [0.25, 0.3) is 0 Å². The molecule has 1 fully saturated rings. The molecule has 1 aliphatic heterocycles. The Morgan fingerprint density at radius 2 is 2.22 bits per heavy atom. The second kappa shape index (κ2) is 5.35. The Labute approximate surface area is 105 Å². The minimum atomic E-state index is -0.518. The molecule has 1 unspecified atom stereocenters. The van der Waals surface area contributed by atoms with Crippen LogP contribution in [0.3, 0.4) is 0 Å². The van der Waals surface area contributed by atoms with Gasteiger partial charge in [0.1, 0.15) is 5.82 Å². The van der Waals surface area contributed by atoms with Crippen molar-refractivity contribution >= 4 is 11.6 Å². The molecule has 0 aromatic heterocycles. The van der Waals surface area contributed by atoms with E-state index < -0.39 is 5.82 Å². The number of likely N-dealkylation sites (tertiary alicyclic amines) is 1. The number of anilines is 1. The fourth-order valence-electron chi connectivity index (χ4n) is 2.36. The molecule has 18 heavy (non-hydrogen) atoms. The van der Waals surface area contributed by atoms with Crippen molar-refractivity contribution in [2.24, 2.45) is 0 Å². The van der Waals surface area contributed by atoms with Crippen LogP contribution in [0.2, 0.25) is 0 Å². The summed E-state index contributed by atoms with van der Waals surface area (Å²) in [4.78, 5) is 13.9. The van der Waals surface area contributed by atoms with Crippen molar-refractivity contribution in [1.29, 1.82) is 0 Å². The molecule has 0 radical (unpaired) electrons. The number of nitrogens with zero attached hydrogens (tertiary/aromatic N) is 1. The fourth-order valence-corrected chi connectivity index (χ4v) is 2.36. The molecule has 0 bridgehead atoms. The van der Waals surface area contributed by atoms with Crippen molar-refractivity contribution in [3.05, 3.63) is 29.6 Å². The number of hydrogen-bond acceptors (Lipinski definition) is 3. The first kappa shape index (κ1) is 12.8. The van der Waals surface area contributed by atoms with Gasteiger partial charge in [0.2, 0.25) is 0 Å². The van der Waals surface area contributed by atoms with Crippen molar-refractivity contribution in [2.75, 3.05) is 18.9 Å². The van der Waals surface area contributed by atoms with E-state index in [-0.39, 0.29) is 29.8 Å². The van der Waals surface area contributed by atoms with Gasteiger partial charge in [0.15, 0.2) is 0 Å². The molecule has 0 spiro atoms. The average molecular weight is 252 g/mol. The van der Waals surface area contributed by atoms with Crippen LogP contribution in [-0.2, 0) is 0 Å². The van der Waals surface area contributed by atoms with E-state index in [1.165, 1.54) is 18.2 Å². The number of aliphatic hydroxyl groups is 1. The van der Waals surface area contributed by atoms with Crippen LogP contribution in [0.4, 0.5) is 10.1 Å². The van der Waals surface area contributed by atoms with Crippen LogP contribution in [0.15, 0.2) is 18.2 Å². The fraction of sp³-hybridized carbons (Fsp3) is 0.462. The first-order chi connectivity index (χ1) is 8.61. The Hall–Kier alpha value is -1.62. The number of benzene rings is 1. The summed E-state index contributed by atoms with van der Waals surface area (Å²) in [5.41, 5.74) is 6.01. The van der Waals surface area contributed by atoms with Gasteiger partial charge >= 0.3 is 0 Å². The number of nitrogen functional groups attached to an aromatic ring is 1. The Bertz CT molecular complexity index is 430. The molecule has 1 aliphatic rings. The summed E-state index contributed by atoms with van der Waals surface area (Å²) >= 11 is 0. The van der Waals surface area contributed by atoms with Crippen LogP contribution < -0.4 is 5.73 Å². The number of aliphatic hydroxyl groups excluding tert-OH is 1. The zero-order valence-electron chi connectivity index (χ0n) is 10.1. The molecule has 98 valence electrons. The second-order valence-corrected chi connectivity index (χ2v) is 4.60. The molecular formula is C13H17FN2O2. The summed E-state index contributed by atoms with van der Waals surface area (Å²) < 4.78 is 13.2. The monoisotopic (exact) mass is 252 g/mol. The van der Waals surface area contributed by atoms with Crippen LogP contribution in [0.5, 0.6) is 0 Å². The smallest absolute Gasteiger partial charge is 0.254 e. The van der Waals surface area contributed by atoms with Crippen molar-refractivity contribution in [3.8, 4) is 0 Å². The first-order valence-electron chi connectivity index (χ1n) is 6.09. The number of carbonyl (C=O) groups excluding carboxylic acids is 1. The van der Waals surface area contributed by atoms with Crippen molar-refractivity contribution in [3.63, 3.8) is 0 Å². The van der Waals surface area contributed by atoms with Crippen molar-refractivity contribution < 1.29 is 14.3 Å². The van der Waals surface area contributed by atoms with Gasteiger partial charge in [0.05, 0.1) is 12.6 Å². The van der Waals surface area contributed by atoms with Gasteiger partial charge in [-0.2, -0.15) is 0 Å². The van der Waals surface area contributed by atoms with Gasteiger partial charge in [-0.05, 0) is 37.5 Å². The first-order valence-corrected chi connectivity index (χ1v) is 6.09. The maximum absolute atomic E-state index is 13.2. The predicted octanol–water partition coefficient (Wildman–Crippen LogP) is 1.39. The normalized spacial score (nSPS) is 19.9. The summed E-state index contributed by atoms with van der Waals surface area (Å²) in [5, 5.41) is 9.27. The van der Waals surface area contributed by atoms with Crippen LogP contribution in [-0.4, -0.2) is 35.1 Å². The molecule has 1 heterocycles. The lowest BCUT2D eigenvalue weighted by molar-refractivity contribution is 0.0502. The third-order valence-corrected chi connectivity index (χ3v) is 3.27. The standard InChI is InChI=1S/C13H17FN2O2/c14-10-5-9(6-11(15)7-10)13(18)16-4-2-1-3-12(16)8-17/h5-7,12,17H,1-4,8,15H2. The van der Waals surface area contributed by atoms with E-state index in [2.05, 4.69) is 0 Å². The molecule has 1 aromatic carbocycles. The van der Waals surface area contributed by atoms with E-state index in [0.717, 1.165) is 19.3 Å². The van der Waals surface area contributed by atoms with E-state index in [9.17, 15) is 14.3 Å². The molecule has 3 N–H and O–H groups in total. The van der Waals surface area contributed by atoms with E-state index in [1.54, 1.807) is 4.90 Å². The molecule has 0 aliphatic carbocycles. The highest BCUT2D eigenvalue weighted by atomic mass is 19.1. The molecule has 1 aromatic rings. The lowest BCUT2D eigenvalue weighted by Crippen LogP contribution is -2.45. The van der Waals surface area contributed by atoms with Crippen LogP contribution >= 0.6 is 0 Å². The Morgan fingerprint density at radius 3 is 2.89 bits per heavy atom. The van der Waals surface area contributed by atoms with E-state index in [0.29, 0.717) is 6.54 Å². The summed E-state index contributed by atoms with van der Waals surface area (Å²) in [6, 6.07) is 3.66. The summed E-state index contributed by atoms with van der Waals surface area (Å²) in [5.74, 6) is -0.782. The van der Waals surface area contributed by atoms with Gasteiger partial charge in [-0.15, -0.1) is 0 Å². The van der Waals surface area contributed by atoms with Gasteiger partial charge in [-0.3, -0.25) is 4.79 Å². The Morgan fingerprint density at radius 1 is 1.44 bits per heavy atom. The van der Waals surface area contributed by atoms with Crippen LogP contribution in [0.1, 0.15) is 29.6 Å².